The van der Waals surface area contributed by atoms with Crippen molar-refractivity contribution >= 4 is 21.4 Å². The van der Waals surface area contributed by atoms with Crippen molar-refractivity contribution in [2.24, 2.45) is 0 Å². The molecule has 128 valence electrons. The minimum absolute atomic E-state index is 0.0592. The summed E-state index contributed by atoms with van der Waals surface area (Å²) in [6.45, 7) is 5.30. The van der Waals surface area contributed by atoms with Gasteiger partial charge in [-0.15, -0.1) is 0 Å². The number of hydrogen-bond acceptors (Lipinski definition) is 5. The Morgan fingerprint density at radius 3 is 2.52 bits per heavy atom. The molecule has 1 unspecified atom stereocenters. The second-order valence-corrected chi connectivity index (χ2v) is 7.85. The van der Waals surface area contributed by atoms with Gasteiger partial charge in [-0.3, -0.25) is 9.69 Å². The number of hydrogen-bond donors (Lipinski definition) is 1. The minimum Gasteiger partial charge on any atom is -0.494 e. The van der Waals surface area contributed by atoms with E-state index in [1.54, 1.807) is 24.3 Å². The lowest BCUT2D eigenvalue weighted by molar-refractivity contribution is -0.117. The number of carbonyl (C=O) groups excluding carboxylic acids is 1. The van der Waals surface area contributed by atoms with Gasteiger partial charge < -0.3 is 10.1 Å². The van der Waals surface area contributed by atoms with E-state index < -0.39 is 9.84 Å². The summed E-state index contributed by atoms with van der Waals surface area (Å²) in [5.74, 6) is 0.989. The van der Waals surface area contributed by atoms with Crippen LogP contribution in [0, 0.1) is 0 Å². The molecular weight excluding hydrogens is 316 g/mol. The van der Waals surface area contributed by atoms with Crippen LogP contribution in [0.5, 0.6) is 5.75 Å². The lowest BCUT2D eigenvalue weighted by atomic mass is 10.2. The third-order valence-electron chi connectivity index (χ3n) is 3.93. The summed E-state index contributed by atoms with van der Waals surface area (Å²) in [5, 5.41) is 2.83. The molecule has 0 bridgehead atoms. The normalized spacial score (nSPS) is 19.7. The molecule has 0 aromatic heterocycles. The maximum Gasteiger partial charge on any atom is 0.238 e. The van der Waals surface area contributed by atoms with Crippen LogP contribution in [0.3, 0.4) is 0 Å². The lowest BCUT2D eigenvalue weighted by Gasteiger charge is -2.25. The minimum atomic E-state index is -2.94. The lowest BCUT2D eigenvalue weighted by Crippen LogP contribution is -2.41. The molecule has 0 saturated carbocycles. The summed E-state index contributed by atoms with van der Waals surface area (Å²) < 4.78 is 28.5. The van der Waals surface area contributed by atoms with Gasteiger partial charge in [0.1, 0.15) is 5.75 Å². The highest BCUT2D eigenvalue weighted by Crippen LogP contribution is 2.18. The SMILES string of the molecule is CCOc1ccc(NC(=O)CN(CC)C2CCS(=O)(=O)C2)cc1. The summed E-state index contributed by atoms with van der Waals surface area (Å²) in [6, 6.07) is 7.13. The summed E-state index contributed by atoms with van der Waals surface area (Å²) in [5.41, 5.74) is 0.702. The fraction of sp³-hybridized carbons (Fsp3) is 0.562. The zero-order valence-electron chi connectivity index (χ0n) is 13.6. The second-order valence-electron chi connectivity index (χ2n) is 5.63. The molecule has 23 heavy (non-hydrogen) atoms. The molecule has 1 atom stereocenters. The monoisotopic (exact) mass is 340 g/mol. The van der Waals surface area contributed by atoms with Gasteiger partial charge in [-0.25, -0.2) is 8.42 Å². The number of likely N-dealkylation sites (N-methyl/N-ethyl adjacent to an activating group) is 1. The van der Waals surface area contributed by atoms with Gasteiger partial charge in [0, 0.05) is 11.7 Å². The number of rotatable bonds is 7. The van der Waals surface area contributed by atoms with Crippen molar-refractivity contribution in [1.29, 1.82) is 0 Å². The van der Waals surface area contributed by atoms with Gasteiger partial charge >= 0.3 is 0 Å². The Hall–Kier alpha value is -1.60. The van der Waals surface area contributed by atoms with Crippen molar-refractivity contribution in [1.82, 2.24) is 4.90 Å². The topological polar surface area (TPSA) is 75.7 Å². The first-order chi connectivity index (χ1) is 10.9. The Balaban J connectivity index is 1.90. The zero-order chi connectivity index (χ0) is 16.9. The molecule has 0 aliphatic carbocycles. The van der Waals surface area contributed by atoms with Crippen LogP contribution < -0.4 is 10.1 Å². The fourth-order valence-corrected chi connectivity index (χ4v) is 4.51. The van der Waals surface area contributed by atoms with Gasteiger partial charge in [0.05, 0.1) is 24.7 Å². The molecule has 7 heteroatoms. The van der Waals surface area contributed by atoms with Gasteiger partial charge in [0.2, 0.25) is 5.91 Å². The number of carbonyl (C=O) groups is 1. The maximum absolute atomic E-state index is 12.2. The average Bonchev–Trinajstić information content (AvgIpc) is 2.87. The van der Waals surface area contributed by atoms with Crippen molar-refractivity contribution in [2.45, 2.75) is 26.3 Å². The third-order valence-corrected chi connectivity index (χ3v) is 5.68. The van der Waals surface area contributed by atoms with Crippen LogP contribution in [-0.4, -0.2) is 56.5 Å². The molecule has 1 saturated heterocycles. The molecule has 1 amide bonds. The molecule has 1 heterocycles. The summed E-state index contributed by atoms with van der Waals surface area (Å²) in [7, 11) is -2.94. The van der Waals surface area contributed by atoms with Crippen LogP contribution in [0.1, 0.15) is 20.3 Å². The number of ether oxygens (including phenoxy) is 1. The van der Waals surface area contributed by atoms with Gasteiger partial charge in [0.25, 0.3) is 0 Å². The Bertz CT molecular complexity index is 628. The highest BCUT2D eigenvalue weighted by atomic mass is 32.2. The van der Waals surface area contributed by atoms with Crippen molar-refractivity contribution in [2.75, 3.05) is 36.5 Å². The largest absolute Gasteiger partial charge is 0.494 e. The molecule has 1 fully saturated rings. The average molecular weight is 340 g/mol. The molecule has 1 aromatic carbocycles. The molecule has 0 radical (unpaired) electrons. The molecule has 0 spiro atoms. The van der Waals surface area contributed by atoms with Crippen LogP contribution in [0.2, 0.25) is 0 Å². The van der Waals surface area contributed by atoms with E-state index in [1.807, 2.05) is 18.7 Å². The highest BCUT2D eigenvalue weighted by Gasteiger charge is 2.32. The molecule has 6 nitrogen and oxygen atoms in total. The zero-order valence-corrected chi connectivity index (χ0v) is 14.4. The number of nitrogens with zero attached hydrogens (tertiary/aromatic N) is 1. The number of anilines is 1. The molecule has 1 aliphatic heterocycles. The van der Waals surface area contributed by atoms with E-state index in [1.165, 1.54) is 0 Å². The number of sulfone groups is 1. The van der Waals surface area contributed by atoms with Crippen molar-refractivity contribution in [3.8, 4) is 5.75 Å². The van der Waals surface area contributed by atoms with E-state index in [0.717, 1.165) is 5.75 Å². The van der Waals surface area contributed by atoms with Crippen LogP contribution in [0.4, 0.5) is 5.69 Å². The predicted octanol–water partition coefficient (Wildman–Crippen LogP) is 1.53. The maximum atomic E-state index is 12.2. The van der Waals surface area contributed by atoms with E-state index in [0.29, 0.717) is 25.3 Å². The van der Waals surface area contributed by atoms with Crippen molar-refractivity contribution < 1.29 is 17.9 Å². The third kappa shape index (κ3) is 5.21. The van der Waals surface area contributed by atoms with Crippen LogP contribution in [0.25, 0.3) is 0 Å². The number of benzene rings is 1. The van der Waals surface area contributed by atoms with Crippen molar-refractivity contribution in [3.63, 3.8) is 0 Å². The van der Waals surface area contributed by atoms with Gasteiger partial charge in [-0.05, 0) is 44.2 Å². The summed E-state index contributed by atoms with van der Waals surface area (Å²) >= 11 is 0. The van der Waals surface area contributed by atoms with E-state index in [2.05, 4.69) is 5.32 Å². The van der Waals surface area contributed by atoms with Gasteiger partial charge in [-0.1, -0.05) is 6.92 Å². The Morgan fingerprint density at radius 1 is 1.30 bits per heavy atom. The smallest absolute Gasteiger partial charge is 0.238 e. The van der Waals surface area contributed by atoms with Gasteiger partial charge in [0.15, 0.2) is 9.84 Å². The molecule has 1 aromatic rings. The first kappa shape index (κ1) is 17.7. The standard InChI is InChI=1S/C16H24N2O4S/c1-3-18(14-9-10-23(20,21)12-14)11-16(19)17-13-5-7-15(8-6-13)22-4-2/h5-8,14H,3-4,9-12H2,1-2H3,(H,17,19). The van der Waals surface area contributed by atoms with Crippen LogP contribution in [-0.2, 0) is 14.6 Å². The number of amides is 1. The Labute approximate surface area is 137 Å². The van der Waals surface area contributed by atoms with Crippen LogP contribution in [0.15, 0.2) is 24.3 Å². The Kier molecular flexibility index (Phi) is 6.01. The first-order valence-corrected chi connectivity index (χ1v) is 9.73. The van der Waals surface area contributed by atoms with Crippen LogP contribution >= 0.6 is 0 Å². The molecule has 1 N–H and O–H groups in total. The molecule has 1 aliphatic rings. The number of nitrogens with one attached hydrogen (secondary N) is 1. The molecule has 2 rings (SSSR count). The van der Waals surface area contributed by atoms with E-state index in [-0.39, 0.29) is 30.0 Å². The predicted molar refractivity (Wildman–Crippen MR) is 90.5 cm³/mol. The van der Waals surface area contributed by atoms with Gasteiger partial charge in [-0.2, -0.15) is 0 Å². The highest BCUT2D eigenvalue weighted by molar-refractivity contribution is 7.91. The molecular formula is C16H24N2O4S. The summed E-state index contributed by atoms with van der Waals surface area (Å²) in [4.78, 5) is 14.1. The first-order valence-electron chi connectivity index (χ1n) is 7.90. The Morgan fingerprint density at radius 2 is 2.00 bits per heavy atom. The quantitative estimate of drug-likeness (QED) is 0.815. The van der Waals surface area contributed by atoms with E-state index in [4.69, 9.17) is 4.74 Å². The summed E-state index contributed by atoms with van der Waals surface area (Å²) in [6.07, 6.45) is 0.604. The van der Waals surface area contributed by atoms with E-state index >= 15 is 0 Å². The fourth-order valence-electron chi connectivity index (χ4n) is 2.75. The second kappa shape index (κ2) is 7.79. The van der Waals surface area contributed by atoms with Crippen molar-refractivity contribution in [3.05, 3.63) is 24.3 Å². The van der Waals surface area contributed by atoms with E-state index in [9.17, 15) is 13.2 Å².